The van der Waals surface area contributed by atoms with E-state index in [1.807, 2.05) is 0 Å². The van der Waals surface area contributed by atoms with E-state index < -0.39 is 178 Å². The summed E-state index contributed by atoms with van der Waals surface area (Å²) in [4.78, 5) is 112. The first-order chi connectivity index (χ1) is 53.8. The second-order valence-corrected chi connectivity index (χ2v) is 28.2. The van der Waals surface area contributed by atoms with Crippen LogP contribution >= 0.6 is 7.82 Å². The minimum absolute atomic E-state index is 0.0169. The van der Waals surface area contributed by atoms with Crippen LogP contribution in [0.2, 0.25) is 0 Å². The number of rotatable bonds is 66. The van der Waals surface area contributed by atoms with Gasteiger partial charge in [-0.2, -0.15) is 0 Å². The molecule has 0 radical (unpaired) electrons. The maximum absolute atomic E-state index is 14.3. The van der Waals surface area contributed by atoms with Gasteiger partial charge in [0.1, 0.15) is 74.6 Å². The minimum Gasteiger partial charge on any atom is -0.396 e. The molecule has 43 heteroatoms. The van der Waals surface area contributed by atoms with Gasteiger partial charge in [-0.3, -0.25) is 47.4 Å². The molecule has 3 aliphatic rings. The quantitative estimate of drug-likeness (QED) is 0.0199. The zero-order chi connectivity index (χ0) is 82.5. The fourth-order valence-corrected chi connectivity index (χ4v) is 12.2. The smallest absolute Gasteiger partial charge is 0.396 e. The molecule has 0 aromatic rings. The lowest BCUT2D eigenvalue weighted by atomic mass is 9.79. The Morgan fingerprint density at radius 2 is 0.812 bits per heavy atom. The molecule has 2 aliphatic heterocycles. The van der Waals surface area contributed by atoms with Crippen LogP contribution < -0.4 is 37.2 Å². The van der Waals surface area contributed by atoms with E-state index in [4.69, 9.17) is 70.8 Å². The van der Waals surface area contributed by atoms with Gasteiger partial charge in [-0.05, 0) is 51.4 Å². The van der Waals surface area contributed by atoms with Gasteiger partial charge < -0.3 is 154 Å². The third kappa shape index (κ3) is 43.4. The molecule has 1 saturated carbocycles. The number of hydrogen-bond donors (Lipinski definition) is 17. The summed E-state index contributed by atoms with van der Waals surface area (Å²) >= 11 is 0. The second kappa shape index (κ2) is 60.6. The second-order valence-electron chi connectivity index (χ2n) is 26.6. The number of ether oxygens (including phenoxy) is 14. The number of hydrogen-bond acceptors (Lipinski definition) is 34. The average molecular weight is 1640 g/mol. The van der Waals surface area contributed by atoms with Crippen molar-refractivity contribution in [2.24, 2.45) is 11.8 Å². The van der Waals surface area contributed by atoms with Crippen LogP contribution in [0.1, 0.15) is 97.8 Å². The van der Waals surface area contributed by atoms with Crippen molar-refractivity contribution in [3.8, 4) is 0 Å². The predicted molar refractivity (Wildman–Crippen MR) is 388 cm³/mol. The monoisotopic (exact) mass is 1640 g/mol. The number of unbranched alkanes of at least 4 members (excludes halogenated alkanes) is 5. The van der Waals surface area contributed by atoms with Gasteiger partial charge in [0, 0.05) is 72.4 Å². The number of nitrogens with one attached hydrogen (secondary N) is 7. The number of phosphoric acid groups is 1. The van der Waals surface area contributed by atoms with Crippen LogP contribution in [0.25, 0.3) is 0 Å². The Kier molecular flexibility index (Phi) is 54.8. The number of carbonyl (C=O) groups excluding carboxylic acids is 8. The van der Waals surface area contributed by atoms with E-state index in [0.717, 1.165) is 7.11 Å². The van der Waals surface area contributed by atoms with Crippen LogP contribution in [0.4, 0.5) is 0 Å². The highest BCUT2D eigenvalue weighted by Gasteiger charge is 2.48. The number of carbonyl (C=O) groups is 8. The average Bonchev–Trinajstić information content (AvgIpc) is 0.821. The molecule has 0 bridgehead atoms. The Morgan fingerprint density at radius 3 is 1.25 bits per heavy atom. The lowest BCUT2D eigenvalue weighted by Gasteiger charge is -2.42. The highest BCUT2D eigenvalue weighted by molar-refractivity contribution is 7.47. The van der Waals surface area contributed by atoms with Crippen LogP contribution in [-0.4, -0.2) is 382 Å². The lowest BCUT2D eigenvalue weighted by molar-refractivity contribution is -0.272. The van der Waals surface area contributed by atoms with Gasteiger partial charge in [0.05, 0.1) is 163 Å². The number of Topliss-reactive ketones (excluding diaryl/α,β-unsaturated/α-hetero) is 1. The first kappa shape index (κ1) is 101. The maximum Gasteiger partial charge on any atom is 0.471 e. The van der Waals surface area contributed by atoms with Crippen LogP contribution in [0.3, 0.4) is 0 Å². The van der Waals surface area contributed by atoms with Gasteiger partial charge in [-0.1, -0.05) is 19.3 Å². The van der Waals surface area contributed by atoms with Crippen molar-refractivity contribution in [2.45, 2.75) is 190 Å². The first-order valence-corrected chi connectivity index (χ1v) is 39.5. The molecule has 17 N–H and O–H groups in total. The van der Waals surface area contributed by atoms with Crippen molar-refractivity contribution in [2.75, 3.05) is 192 Å². The van der Waals surface area contributed by atoms with Crippen molar-refractivity contribution >= 4 is 55.0 Å². The Balaban J connectivity index is 1.49. The molecule has 1 unspecified atom stereocenters. The largest absolute Gasteiger partial charge is 0.471 e. The van der Waals surface area contributed by atoms with E-state index >= 15 is 0 Å². The van der Waals surface area contributed by atoms with Gasteiger partial charge in [-0.25, -0.2) is 4.57 Å². The molecule has 0 spiro atoms. The summed E-state index contributed by atoms with van der Waals surface area (Å²) in [5.41, 5.74) is 0. The van der Waals surface area contributed by atoms with Gasteiger partial charge in [0.15, 0.2) is 18.4 Å². The molecule has 2 saturated heterocycles. The number of aliphatic hydroxyl groups is 9. The molecule has 2 heterocycles. The van der Waals surface area contributed by atoms with Crippen molar-refractivity contribution in [3.05, 3.63) is 0 Å². The van der Waals surface area contributed by atoms with E-state index in [-0.39, 0.29) is 191 Å². The highest BCUT2D eigenvalue weighted by Crippen LogP contribution is 2.42. The molecule has 18 atom stereocenters. The van der Waals surface area contributed by atoms with Crippen molar-refractivity contribution in [1.82, 2.24) is 37.2 Å². The third-order valence-corrected chi connectivity index (χ3v) is 18.7. The fourth-order valence-electron chi connectivity index (χ4n) is 11.8. The van der Waals surface area contributed by atoms with Gasteiger partial charge in [-0.15, -0.1) is 0 Å². The number of phosphoric ester groups is 1. The van der Waals surface area contributed by atoms with Crippen LogP contribution in [-0.2, 0) is 118 Å². The van der Waals surface area contributed by atoms with E-state index in [2.05, 4.69) is 41.7 Å². The summed E-state index contributed by atoms with van der Waals surface area (Å²) in [6, 6.07) is -4.17. The molecule has 0 aromatic heterocycles. The summed E-state index contributed by atoms with van der Waals surface area (Å²) in [6.45, 7) is 3.47. The molecule has 112 heavy (non-hydrogen) atoms. The van der Waals surface area contributed by atoms with Crippen LogP contribution in [0.15, 0.2) is 0 Å². The number of amides is 7. The minimum atomic E-state index is -4.13. The molecule has 3 fully saturated rings. The fraction of sp³-hybridized carbons (Fsp3) is 0.884. The summed E-state index contributed by atoms with van der Waals surface area (Å²) in [5, 5.41) is 110. The first-order valence-electron chi connectivity index (χ1n) is 38.0. The van der Waals surface area contributed by atoms with Crippen LogP contribution in [0, 0.1) is 11.8 Å². The standard InChI is InChI=1S/C69H126N7O35P/c1-45(80)73-58-52(38-49(39-77)61(87)64(58)90)106-34-31-100-22-19-97-25-28-103-42-55(84)70-15-10-7-13-48(67(93)72-17-9-5-6-12-18-109-112(94,95)96-4)37-51(83)50(76-57(86)44-105-30-27-99-21-24-102-33-36-108-69-60(75-47(3)82)66(92)63(89)54(41-79)111-69)14-8-11-16-71-56(85)43-104-29-26-98-20-23-101-32-35-107-68-59(74-46(2)81)65(91)62(88)53(40-78)110-68/h48-50,52-54,58-66,68-69,77-79,87-92H,5-44H2,1-4H3,(H,70,84)(H,71,85)(H,72,93)(H,73,80)(H,74,81)(H,75,82)(H,76,86)(H,94,95)/t48-,49-,50+,52-,53-,54-,58+,59-,60-,61+,62+,63+,64-,65-,66-,68-,69-/m1/s1. The lowest BCUT2D eigenvalue weighted by Crippen LogP contribution is -2.64. The summed E-state index contributed by atoms with van der Waals surface area (Å²) in [6.07, 6.45) is -9.71. The Hall–Kier alpha value is -4.85. The predicted octanol–water partition coefficient (Wildman–Crippen LogP) is -6.25. The van der Waals surface area contributed by atoms with E-state index in [1.165, 1.54) is 20.8 Å². The molecule has 0 aromatic carbocycles. The summed E-state index contributed by atoms with van der Waals surface area (Å²) in [5.74, 6) is -5.22. The molecule has 7 amide bonds. The van der Waals surface area contributed by atoms with Gasteiger partial charge >= 0.3 is 7.82 Å². The third-order valence-electron chi connectivity index (χ3n) is 17.7. The van der Waals surface area contributed by atoms with E-state index in [0.29, 0.717) is 51.4 Å². The molecule has 652 valence electrons. The van der Waals surface area contributed by atoms with Gasteiger partial charge in [0.25, 0.3) is 0 Å². The van der Waals surface area contributed by atoms with Crippen molar-refractivity contribution in [1.29, 1.82) is 0 Å². The van der Waals surface area contributed by atoms with Crippen LogP contribution in [0.5, 0.6) is 0 Å². The number of ketones is 1. The normalized spacial score (nSPS) is 24.9. The van der Waals surface area contributed by atoms with Crippen molar-refractivity contribution in [3.63, 3.8) is 0 Å². The summed E-state index contributed by atoms with van der Waals surface area (Å²) in [7, 11) is -3.07. The maximum atomic E-state index is 14.3. The van der Waals surface area contributed by atoms with E-state index in [1.54, 1.807) is 0 Å². The Labute approximate surface area is 652 Å². The zero-order valence-corrected chi connectivity index (χ0v) is 65.6. The molecule has 42 nitrogen and oxygen atoms in total. The molecule has 3 rings (SSSR count). The SMILES string of the molecule is COP(=O)(O)OCCCCCCNC(=O)[C@H](CCCCNC(=O)COCCOCCOCCO[C@@H]1C[C@H](CO)[C@H](O)[C@H](O)[C@H]1NC(C)=O)CC(=O)[C@H](CCCCNC(=O)COCCOCCOCCO[C@@H]1O[C@H](CO)[C@H](O)[C@H](O)[C@H]1NC(C)=O)NC(=O)COCCOCCOCCO[C@@H]1O[C@H](CO)[C@H](O)[C@H](O)[C@H]1NC(C)=O. The van der Waals surface area contributed by atoms with Crippen molar-refractivity contribution < 1.29 is 169 Å². The topological polar surface area (TPSA) is 588 Å². The molecular weight excluding hydrogens is 1520 g/mol. The molecule has 1 aliphatic carbocycles. The molecular formula is C69H126N7O35P. The number of aliphatic hydroxyl groups excluding tert-OH is 9. The summed E-state index contributed by atoms with van der Waals surface area (Å²) < 4.78 is 98.7. The van der Waals surface area contributed by atoms with E-state index in [9.17, 15) is 93.8 Å². The van der Waals surface area contributed by atoms with Gasteiger partial charge in [0.2, 0.25) is 41.4 Å². The highest BCUT2D eigenvalue weighted by atomic mass is 31.2. The zero-order valence-electron chi connectivity index (χ0n) is 64.7. The Morgan fingerprint density at radius 1 is 0.429 bits per heavy atom. The Bertz CT molecular complexity index is 2660.